The van der Waals surface area contributed by atoms with E-state index in [2.05, 4.69) is 4.98 Å². The quantitative estimate of drug-likeness (QED) is 0.635. The summed E-state index contributed by atoms with van der Waals surface area (Å²) in [6.45, 7) is 0.837. The van der Waals surface area contributed by atoms with Crippen LogP contribution in [-0.2, 0) is 11.3 Å². The van der Waals surface area contributed by atoms with E-state index in [9.17, 15) is 9.18 Å². The van der Waals surface area contributed by atoms with Crippen LogP contribution in [0.5, 0.6) is 0 Å². The number of nitrogens with zero attached hydrogens (tertiary/aromatic N) is 2. The first-order valence-corrected chi connectivity index (χ1v) is 8.48. The Bertz CT molecular complexity index is 979. The van der Waals surface area contributed by atoms with Crippen LogP contribution in [0, 0.1) is 11.7 Å². The summed E-state index contributed by atoms with van der Waals surface area (Å²) in [6, 6.07) is 8.22. The first-order chi connectivity index (χ1) is 12.1. The van der Waals surface area contributed by atoms with Gasteiger partial charge in [0.25, 0.3) is 0 Å². The van der Waals surface area contributed by atoms with Crippen molar-refractivity contribution in [3.8, 4) is 11.1 Å². The summed E-state index contributed by atoms with van der Waals surface area (Å²) in [5, 5.41) is 0.964. The number of pyridine rings is 1. The van der Waals surface area contributed by atoms with Crippen LogP contribution in [0.4, 0.5) is 4.39 Å². The monoisotopic (exact) mass is 358 g/mol. The maximum absolute atomic E-state index is 13.9. The molecular weight excluding hydrogens is 343 g/mol. The standard InChI is InChI=1S/C19H16ClFN2O2/c1-25-19(24)17-7-5-13-14(12-4-6-15(20)16(21)8-12)10-23(18(13)22-17)9-11-2-3-11/h4-8,10-11H,2-3,9H2,1H3. The fourth-order valence-electron chi connectivity index (χ4n) is 2.99. The van der Waals surface area contributed by atoms with E-state index in [1.807, 2.05) is 16.8 Å². The van der Waals surface area contributed by atoms with Gasteiger partial charge in [-0.15, -0.1) is 0 Å². The van der Waals surface area contributed by atoms with Crippen LogP contribution in [0.3, 0.4) is 0 Å². The van der Waals surface area contributed by atoms with Crippen molar-refractivity contribution < 1.29 is 13.9 Å². The molecule has 1 aliphatic carbocycles. The van der Waals surface area contributed by atoms with Crippen molar-refractivity contribution in [3.63, 3.8) is 0 Å². The van der Waals surface area contributed by atoms with Crippen molar-refractivity contribution in [1.29, 1.82) is 0 Å². The van der Waals surface area contributed by atoms with Gasteiger partial charge in [-0.3, -0.25) is 0 Å². The molecule has 25 heavy (non-hydrogen) atoms. The molecule has 4 rings (SSSR count). The van der Waals surface area contributed by atoms with Gasteiger partial charge in [0.05, 0.1) is 12.1 Å². The predicted molar refractivity (Wildman–Crippen MR) is 94.2 cm³/mol. The summed E-state index contributed by atoms with van der Waals surface area (Å²) >= 11 is 5.80. The Balaban J connectivity index is 1.88. The number of hydrogen-bond donors (Lipinski definition) is 0. The molecule has 0 spiro atoms. The molecule has 0 saturated heterocycles. The summed E-state index contributed by atoms with van der Waals surface area (Å²) in [7, 11) is 1.33. The largest absolute Gasteiger partial charge is 0.464 e. The number of esters is 1. The second-order valence-corrected chi connectivity index (χ2v) is 6.73. The Morgan fingerprint density at radius 3 is 2.84 bits per heavy atom. The van der Waals surface area contributed by atoms with Gasteiger partial charge in [-0.2, -0.15) is 0 Å². The maximum atomic E-state index is 13.9. The minimum absolute atomic E-state index is 0.0940. The molecule has 128 valence electrons. The SMILES string of the molecule is COC(=O)c1ccc2c(-c3ccc(Cl)c(F)c3)cn(CC3CC3)c2n1. The third-order valence-electron chi connectivity index (χ3n) is 4.50. The maximum Gasteiger partial charge on any atom is 0.356 e. The number of aromatic nitrogens is 2. The van der Waals surface area contributed by atoms with Crippen molar-refractivity contribution in [2.24, 2.45) is 5.92 Å². The molecule has 2 aromatic heterocycles. The van der Waals surface area contributed by atoms with Crippen LogP contribution >= 0.6 is 11.6 Å². The molecule has 0 radical (unpaired) electrons. The molecule has 1 aromatic carbocycles. The minimum Gasteiger partial charge on any atom is -0.464 e. The van der Waals surface area contributed by atoms with Gasteiger partial charge < -0.3 is 9.30 Å². The lowest BCUT2D eigenvalue weighted by molar-refractivity contribution is 0.0594. The third kappa shape index (κ3) is 3.00. The van der Waals surface area contributed by atoms with Gasteiger partial charge >= 0.3 is 5.97 Å². The molecule has 0 atom stereocenters. The molecule has 0 aliphatic heterocycles. The zero-order valence-electron chi connectivity index (χ0n) is 13.6. The molecule has 0 N–H and O–H groups in total. The van der Waals surface area contributed by atoms with Gasteiger partial charge in [0.1, 0.15) is 11.5 Å². The van der Waals surface area contributed by atoms with E-state index in [-0.39, 0.29) is 10.7 Å². The number of carbonyl (C=O) groups excluding carboxylic acids is 1. The molecular formula is C19H16ClFN2O2. The van der Waals surface area contributed by atoms with Crippen molar-refractivity contribution in [3.05, 3.63) is 53.1 Å². The number of halogens is 2. The van der Waals surface area contributed by atoms with Gasteiger partial charge in [-0.05, 0) is 48.6 Å². The van der Waals surface area contributed by atoms with Crippen LogP contribution in [0.25, 0.3) is 22.2 Å². The van der Waals surface area contributed by atoms with Crippen LogP contribution in [0.2, 0.25) is 5.02 Å². The van der Waals surface area contributed by atoms with Crippen molar-refractivity contribution in [2.75, 3.05) is 7.11 Å². The molecule has 0 unspecified atom stereocenters. The Kier molecular flexibility index (Phi) is 3.96. The van der Waals surface area contributed by atoms with Crippen LogP contribution in [0.1, 0.15) is 23.3 Å². The fraction of sp³-hybridized carbons (Fsp3) is 0.263. The van der Waals surface area contributed by atoms with E-state index >= 15 is 0 Å². The molecule has 6 heteroatoms. The van der Waals surface area contributed by atoms with Crippen LogP contribution < -0.4 is 0 Å². The smallest absolute Gasteiger partial charge is 0.356 e. The number of ether oxygens (including phenoxy) is 1. The summed E-state index contributed by atoms with van der Waals surface area (Å²) in [4.78, 5) is 16.3. The number of carbonyl (C=O) groups is 1. The second kappa shape index (κ2) is 6.15. The lowest BCUT2D eigenvalue weighted by Gasteiger charge is -2.04. The Morgan fingerprint density at radius 1 is 1.36 bits per heavy atom. The molecule has 3 aromatic rings. The van der Waals surface area contributed by atoms with Crippen LogP contribution in [0.15, 0.2) is 36.5 Å². The predicted octanol–water partition coefficient (Wildman–Crippen LogP) is 4.69. The highest BCUT2D eigenvalue weighted by Crippen LogP contribution is 2.36. The Morgan fingerprint density at radius 2 is 2.16 bits per heavy atom. The van der Waals surface area contributed by atoms with E-state index in [1.54, 1.807) is 18.2 Å². The fourth-order valence-corrected chi connectivity index (χ4v) is 3.11. The molecule has 4 nitrogen and oxygen atoms in total. The lowest BCUT2D eigenvalue weighted by Crippen LogP contribution is -2.06. The molecule has 0 amide bonds. The van der Waals surface area contributed by atoms with E-state index in [0.29, 0.717) is 11.6 Å². The highest BCUT2D eigenvalue weighted by atomic mass is 35.5. The molecule has 1 fully saturated rings. The molecule has 1 aliphatic rings. The zero-order valence-corrected chi connectivity index (χ0v) is 14.4. The van der Waals surface area contributed by atoms with Crippen LogP contribution in [-0.4, -0.2) is 22.6 Å². The second-order valence-electron chi connectivity index (χ2n) is 6.33. The van der Waals surface area contributed by atoms with Gasteiger partial charge in [0.2, 0.25) is 0 Å². The van der Waals surface area contributed by atoms with E-state index in [1.165, 1.54) is 26.0 Å². The van der Waals surface area contributed by atoms with Gasteiger partial charge in [0, 0.05) is 23.7 Å². The van der Waals surface area contributed by atoms with E-state index < -0.39 is 11.8 Å². The number of hydrogen-bond acceptors (Lipinski definition) is 3. The first-order valence-electron chi connectivity index (χ1n) is 8.10. The average Bonchev–Trinajstić information content (AvgIpc) is 3.37. The van der Waals surface area contributed by atoms with Crippen molar-refractivity contribution in [2.45, 2.75) is 19.4 Å². The summed E-state index contributed by atoms with van der Waals surface area (Å²) in [6.07, 6.45) is 4.36. The molecule has 1 saturated carbocycles. The van der Waals surface area contributed by atoms with Gasteiger partial charge in [-0.25, -0.2) is 14.2 Å². The highest BCUT2D eigenvalue weighted by molar-refractivity contribution is 6.30. The summed E-state index contributed by atoms with van der Waals surface area (Å²) in [5.74, 6) is -0.296. The van der Waals surface area contributed by atoms with E-state index in [0.717, 1.165) is 23.1 Å². The normalized spacial score (nSPS) is 14.0. The van der Waals surface area contributed by atoms with Crippen molar-refractivity contribution >= 4 is 28.6 Å². The first kappa shape index (κ1) is 16.1. The number of benzene rings is 1. The summed E-state index contributed by atoms with van der Waals surface area (Å²) in [5.41, 5.74) is 2.57. The van der Waals surface area contributed by atoms with Gasteiger partial charge in [-0.1, -0.05) is 17.7 Å². The average molecular weight is 359 g/mol. The molecule has 0 bridgehead atoms. The number of rotatable bonds is 4. The zero-order chi connectivity index (χ0) is 17.6. The van der Waals surface area contributed by atoms with E-state index in [4.69, 9.17) is 16.3 Å². The minimum atomic E-state index is -0.472. The van der Waals surface area contributed by atoms with Crippen molar-refractivity contribution in [1.82, 2.24) is 9.55 Å². The number of methoxy groups -OCH3 is 1. The lowest BCUT2D eigenvalue weighted by atomic mass is 10.1. The van der Waals surface area contributed by atoms with Gasteiger partial charge in [0.15, 0.2) is 5.69 Å². The third-order valence-corrected chi connectivity index (χ3v) is 4.81. The topological polar surface area (TPSA) is 44.1 Å². The molecule has 2 heterocycles. The Labute approximate surface area is 149 Å². The number of fused-ring (bicyclic) bond motifs is 1. The highest BCUT2D eigenvalue weighted by Gasteiger charge is 2.24. The Hall–Kier alpha value is -2.40. The summed E-state index contributed by atoms with van der Waals surface area (Å²) < 4.78 is 20.7.